The van der Waals surface area contributed by atoms with E-state index in [0.29, 0.717) is 18.4 Å². The molecule has 2 aromatic rings. The summed E-state index contributed by atoms with van der Waals surface area (Å²) in [5.41, 5.74) is 2.14. The second-order valence-corrected chi connectivity index (χ2v) is 6.56. The number of aromatic nitrogens is 2. The number of para-hydroxylation sites is 1. The molecule has 4 heteroatoms. The Morgan fingerprint density at radius 2 is 2.04 bits per heavy atom. The second kappa shape index (κ2) is 7.44. The van der Waals surface area contributed by atoms with Crippen molar-refractivity contribution in [1.82, 2.24) is 15.1 Å². The van der Waals surface area contributed by atoms with Crippen LogP contribution < -0.4 is 5.32 Å². The molecule has 1 aromatic heterocycles. The average Bonchev–Trinajstić information content (AvgIpc) is 3.05. The number of hydrogen-bond acceptors (Lipinski definition) is 2. The van der Waals surface area contributed by atoms with Gasteiger partial charge < -0.3 is 5.32 Å². The molecule has 1 N–H and O–H groups in total. The number of benzene rings is 1. The van der Waals surface area contributed by atoms with E-state index in [1.54, 1.807) is 0 Å². The van der Waals surface area contributed by atoms with Gasteiger partial charge in [-0.25, -0.2) is 4.68 Å². The Balaban J connectivity index is 1.50. The van der Waals surface area contributed by atoms with Gasteiger partial charge >= 0.3 is 0 Å². The molecule has 3 rings (SSSR count). The summed E-state index contributed by atoms with van der Waals surface area (Å²) in [6.45, 7) is 2.24. The summed E-state index contributed by atoms with van der Waals surface area (Å²) in [6.07, 6.45) is 10.0. The van der Waals surface area contributed by atoms with Gasteiger partial charge in [-0.05, 0) is 42.9 Å². The second-order valence-electron chi connectivity index (χ2n) is 6.56. The lowest BCUT2D eigenvalue weighted by molar-refractivity contribution is -0.122. The predicted molar refractivity (Wildman–Crippen MR) is 91.4 cm³/mol. The number of carbonyl (C=O) groups is 1. The minimum atomic E-state index is 0.163. The van der Waals surface area contributed by atoms with Crippen molar-refractivity contribution in [3.05, 3.63) is 48.3 Å². The summed E-state index contributed by atoms with van der Waals surface area (Å²) in [6, 6.07) is 10.4. The third-order valence-electron chi connectivity index (χ3n) is 4.76. The van der Waals surface area contributed by atoms with Gasteiger partial charge in [0, 0.05) is 18.7 Å². The Hall–Kier alpha value is -2.10. The first kappa shape index (κ1) is 15.8. The first-order valence-electron chi connectivity index (χ1n) is 8.61. The van der Waals surface area contributed by atoms with Crippen molar-refractivity contribution in [3.63, 3.8) is 0 Å². The summed E-state index contributed by atoms with van der Waals surface area (Å²) >= 11 is 0. The molecule has 0 saturated heterocycles. The molecule has 1 fully saturated rings. The normalized spacial score (nSPS) is 21.1. The van der Waals surface area contributed by atoms with Crippen molar-refractivity contribution in [3.8, 4) is 5.69 Å². The lowest BCUT2D eigenvalue weighted by atomic mass is 9.86. The number of rotatable bonds is 5. The largest absolute Gasteiger partial charge is 0.353 e. The highest BCUT2D eigenvalue weighted by Gasteiger charge is 2.22. The van der Waals surface area contributed by atoms with Crippen molar-refractivity contribution < 1.29 is 4.79 Å². The van der Waals surface area contributed by atoms with Gasteiger partial charge in [0.15, 0.2) is 0 Å². The summed E-state index contributed by atoms with van der Waals surface area (Å²) in [5, 5.41) is 7.59. The smallest absolute Gasteiger partial charge is 0.220 e. The fourth-order valence-electron chi connectivity index (χ4n) is 3.28. The maximum absolute atomic E-state index is 12.2. The van der Waals surface area contributed by atoms with Crippen LogP contribution in [0.3, 0.4) is 0 Å². The number of aryl methyl sites for hydroxylation is 1. The molecule has 0 spiro atoms. The van der Waals surface area contributed by atoms with Gasteiger partial charge in [-0.2, -0.15) is 5.10 Å². The monoisotopic (exact) mass is 311 g/mol. The van der Waals surface area contributed by atoms with Gasteiger partial charge in [-0.1, -0.05) is 38.0 Å². The van der Waals surface area contributed by atoms with Crippen LogP contribution in [0.1, 0.15) is 44.6 Å². The van der Waals surface area contributed by atoms with Gasteiger partial charge in [0.25, 0.3) is 0 Å². The Labute approximate surface area is 137 Å². The summed E-state index contributed by atoms with van der Waals surface area (Å²) < 4.78 is 1.86. The Kier molecular flexibility index (Phi) is 5.11. The summed E-state index contributed by atoms with van der Waals surface area (Å²) in [4.78, 5) is 12.2. The van der Waals surface area contributed by atoms with Crippen molar-refractivity contribution in [2.24, 2.45) is 5.92 Å². The molecule has 1 amide bonds. The molecule has 1 saturated carbocycles. The van der Waals surface area contributed by atoms with Crippen LogP contribution in [-0.4, -0.2) is 21.7 Å². The van der Waals surface area contributed by atoms with E-state index in [4.69, 9.17) is 0 Å². The molecule has 1 aromatic carbocycles. The highest BCUT2D eigenvalue weighted by molar-refractivity contribution is 5.76. The molecule has 0 aliphatic heterocycles. The van der Waals surface area contributed by atoms with Crippen molar-refractivity contribution in [2.75, 3.05) is 0 Å². The zero-order chi connectivity index (χ0) is 16.1. The predicted octanol–water partition coefficient (Wildman–Crippen LogP) is 3.50. The molecule has 0 bridgehead atoms. The van der Waals surface area contributed by atoms with Gasteiger partial charge in [0.2, 0.25) is 5.91 Å². The minimum absolute atomic E-state index is 0.163. The van der Waals surface area contributed by atoms with E-state index in [1.165, 1.54) is 19.3 Å². The number of amides is 1. The molecule has 1 aliphatic rings. The van der Waals surface area contributed by atoms with E-state index in [1.807, 2.05) is 47.4 Å². The quantitative estimate of drug-likeness (QED) is 0.918. The molecule has 1 aliphatic carbocycles. The Bertz CT molecular complexity index is 635. The lowest BCUT2D eigenvalue weighted by Crippen LogP contribution is -2.41. The number of nitrogens with one attached hydrogen (secondary N) is 1. The minimum Gasteiger partial charge on any atom is -0.353 e. The van der Waals surface area contributed by atoms with Crippen molar-refractivity contribution in [2.45, 2.75) is 51.5 Å². The third-order valence-corrected chi connectivity index (χ3v) is 4.76. The Morgan fingerprint density at radius 3 is 2.83 bits per heavy atom. The van der Waals surface area contributed by atoms with E-state index in [0.717, 1.165) is 24.1 Å². The van der Waals surface area contributed by atoms with E-state index < -0.39 is 0 Å². The van der Waals surface area contributed by atoms with Gasteiger partial charge in [-0.15, -0.1) is 0 Å². The first-order chi connectivity index (χ1) is 11.2. The van der Waals surface area contributed by atoms with Gasteiger partial charge in [-0.3, -0.25) is 4.79 Å². The molecule has 122 valence electrons. The standard InChI is InChI=1S/C19H25N3O/c1-15-7-5-6-10-18(15)21-19(23)12-11-16-13-20-22(14-16)17-8-3-2-4-9-17/h2-4,8-9,13-15,18H,5-7,10-12H2,1H3,(H,21,23). The first-order valence-corrected chi connectivity index (χ1v) is 8.61. The van der Waals surface area contributed by atoms with Gasteiger partial charge in [0.1, 0.15) is 0 Å². The van der Waals surface area contributed by atoms with Crippen LogP contribution in [0.4, 0.5) is 0 Å². The zero-order valence-corrected chi connectivity index (χ0v) is 13.7. The van der Waals surface area contributed by atoms with Crippen LogP contribution in [0.5, 0.6) is 0 Å². The number of hydrogen-bond donors (Lipinski definition) is 1. The molecular formula is C19H25N3O. The molecule has 23 heavy (non-hydrogen) atoms. The van der Waals surface area contributed by atoms with E-state index in [9.17, 15) is 4.79 Å². The van der Waals surface area contributed by atoms with Gasteiger partial charge in [0.05, 0.1) is 11.9 Å². The fourth-order valence-corrected chi connectivity index (χ4v) is 3.28. The van der Waals surface area contributed by atoms with Crippen LogP contribution in [0.15, 0.2) is 42.7 Å². The molecular weight excluding hydrogens is 286 g/mol. The topological polar surface area (TPSA) is 46.9 Å². The maximum atomic E-state index is 12.2. The third kappa shape index (κ3) is 4.21. The molecule has 2 unspecified atom stereocenters. The van der Waals surface area contributed by atoms with Crippen molar-refractivity contribution in [1.29, 1.82) is 0 Å². The van der Waals surface area contributed by atoms with E-state index in [-0.39, 0.29) is 5.91 Å². The highest BCUT2D eigenvalue weighted by atomic mass is 16.1. The molecule has 1 heterocycles. The van der Waals surface area contributed by atoms with Crippen LogP contribution in [0.2, 0.25) is 0 Å². The molecule has 0 radical (unpaired) electrons. The highest BCUT2D eigenvalue weighted by Crippen LogP contribution is 2.23. The van der Waals surface area contributed by atoms with Crippen LogP contribution in [-0.2, 0) is 11.2 Å². The van der Waals surface area contributed by atoms with E-state index in [2.05, 4.69) is 17.3 Å². The average molecular weight is 311 g/mol. The number of carbonyl (C=O) groups excluding carboxylic acids is 1. The lowest BCUT2D eigenvalue weighted by Gasteiger charge is -2.29. The molecule has 2 atom stereocenters. The zero-order valence-electron chi connectivity index (χ0n) is 13.7. The van der Waals surface area contributed by atoms with Crippen molar-refractivity contribution >= 4 is 5.91 Å². The Morgan fingerprint density at radius 1 is 1.26 bits per heavy atom. The number of nitrogens with zero attached hydrogens (tertiary/aromatic N) is 2. The summed E-state index contributed by atoms with van der Waals surface area (Å²) in [7, 11) is 0. The molecule has 4 nitrogen and oxygen atoms in total. The summed E-state index contributed by atoms with van der Waals surface area (Å²) in [5.74, 6) is 0.768. The maximum Gasteiger partial charge on any atom is 0.220 e. The van der Waals surface area contributed by atoms with Crippen LogP contribution in [0.25, 0.3) is 5.69 Å². The van der Waals surface area contributed by atoms with Crippen LogP contribution >= 0.6 is 0 Å². The van der Waals surface area contributed by atoms with E-state index >= 15 is 0 Å². The van der Waals surface area contributed by atoms with Crippen LogP contribution in [0, 0.1) is 5.92 Å². The fraction of sp³-hybridized carbons (Fsp3) is 0.474. The SMILES string of the molecule is CC1CCCCC1NC(=O)CCc1cnn(-c2ccccc2)c1.